The molecular formula is C7H11O. The van der Waals surface area contributed by atoms with Gasteiger partial charge in [0.2, 0.25) is 0 Å². The van der Waals surface area contributed by atoms with E-state index in [0.717, 1.165) is 0 Å². The van der Waals surface area contributed by atoms with Crippen LogP contribution in [-0.2, 0) is 4.74 Å². The number of hydrogen-bond acceptors (Lipinski definition) is 1. The van der Waals surface area contributed by atoms with E-state index < -0.39 is 0 Å². The van der Waals surface area contributed by atoms with Crippen LogP contribution in [0.5, 0.6) is 0 Å². The molecule has 0 atom stereocenters. The van der Waals surface area contributed by atoms with Crippen LogP contribution in [0, 0.1) is 6.61 Å². The molecule has 2 rings (SSSR count). The van der Waals surface area contributed by atoms with Crippen molar-refractivity contribution in [3.8, 4) is 0 Å². The Morgan fingerprint density at radius 2 is 1.75 bits per heavy atom. The van der Waals surface area contributed by atoms with Gasteiger partial charge in [-0.2, -0.15) is 0 Å². The molecule has 0 aromatic rings. The maximum atomic E-state index is 5.21. The molecule has 1 spiro atoms. The van der Waals surface area contributed by atoms with Crippen LogP contribution in [0.25, 0.3) is 0 Å². The molecule has 0 aromatic heterocycles. The van der Waals surface area contributed by atoms with Crippen molar-refractivity contribution in [2.45, 2.75) is 37.7 Å². The van der Waals surface area contributed by atoms with Crippen LogP contribution in [-0.4, -0.2) is 5.60 Å². The second kappa shape index (κ2) is 1.47. The molecule has 2 fully saturated rings. The van der Waals surface area contributed by atoms with Crippen molar-refractivity contribution in [1.82, 2.24) is 0 Å². The van der Waals surface area contributed by atoms with Gasteiger partial charge in [-0.15, -0.1) is 0 Å². The fourth-order valence-corrected chi connectivity index (χ4v) is 1.47. The van der Waals surface area contributed by atoms with Gasteiger partial charge in [0.15, 0.2) is 0 Å². The van der Waals surface area contributed by atoms with Crippen LogP contribution in [0.2, 0.25) is 0 Å². The molecule has 8 heavy (non-hydrogen) atoms. The second-order valence-corrected chi connectivity index (χ2v) is 2.86. The maximum absolute atomic E-state index is 5.21. The van der Waals surface area contributed by atoms with Crippen LogP contribution in [0.4, 0.5) is 0 Å². The molecule has 45 valence electrons. The Kier molecular flexibility index (Phi) is 0.884. The van der Waals surface area contributed by atoms with Gasteiger partial charge in [-0.3, -0.25) is 0 Å². The first kappa shape index (κ1) is 4.80. The van der Waals surface area contributed by atoms with E-state index in [1.54, 1.807) is 0 Å². The quantitative estimate of drug-likeness (QED) is 0.435. The summed E-state index contributed by atoms with van der Waals surface area (Å²) >= 11 is 0. The minimum atomic E-state index is 0.304. The Morgan fingerprint density at radius 1 is 1.12 bits per heavy atom. The van der Waals surface area contributed by atoms with Crippen LogP contribution in [0.1, 0.15) is 32.1 Å². The van der Waals surface area contributed by atoms with Gasteiger partial charge in [0, 0.05) is 0 Å². The zero-order valence-corrected chi connectivity index (χ0v) is 5.02. The Bertz CT molecular complexity index is 86.6. The molecule has 0 unspecified atom stereocenters. The monoisotopic (exact) mass is 111 g/mol. The standard InChI is InChI=1S/C7H11O/c1-2-4-7(5-3-1)6-8-7/h6H,1-5H2. The third-order valence-electron chi connectivity index (χ3n) is 2.15. The summed E-state index contributed by atoms with van der Waals surface area (Å²) in [5, 5.41) is 0. The third kappa shape index (κ3) is 0.655. The first-order valence-electron chi connectivity index (χ1n) is 3.44. The molecule has 1 saturated heterocycles. The smallest absolute Gasteiger partial charge is 0.116 e. The molecule has 0 aromatic carbocycles. The molecular weight excluding hydrogens is 100 g/mol. The van der Waals surface area contributed by atoms with Crippen molar-refractivity contribution in [3.05, 3.63) is 6.61 Å². The number of ether oxygens (including phenoxy) is 1. The van der Waals surface area contributed by atoms with Crippen molar-refractivity contribution < 1.29 is 4.74 Å². The molecule has 1 heteroatoms. The van der Waals surface area contributed by atoms with Gasteiger partial charge >= 0.3 is 0 Å². The Morgan fingerprint density at radius 3 is 2.12 bits per heavy atom. The summed E-state index contributed by atoms with van der Waals surface area (Å²) in [4.78, 5) is 0. The first-order chi connectivity index (χ1) is 3.91. The molecule has 1 aliphatic heterocycles. The van der Waals surface area contributed by atoms with Gasteiger partial charge in [0.1, 0.15) is 6.61 Å². The summed E-state index contributed by atoms with van der Waals surface area (Å²) in [6, 6.07) is 0. The van der Waals surface area contributed by atoms with E-state index in [2.05, 4.69) is 0 Å². The minimum absolute atomic E-state index is 0.304. The van der Waals surface area contributed by atoms with E-state index in [-0.39, 0.29) is 0 Å². The average Bonchev–Trinajstić information content (AvgIpc) is 2.52. The van der Waals surface area contributed by atoms with Crippen LogP contribution in [0.3, 0.4) is 0 Å². The predicted molar refractivity (Wildman–Crippen MR) is 31.2 cm³/mol. The van der Waals surface area contributed by atoms with Crippen molar-refractivity contribution in [2.75, 3.05) is 0 Å². The summed E-state index contributed by atoms with van der Waals surface area (Å²) in [6.45, 7) is 2.01. The Balaban J connectivity index is 1.95. The van der Waals surface area contributed by atoms with Crippen molar-refractivity contribution in [1.29, 1.82) is 0 Å². The van der Waals surface area contributed by atoms with Crippen LogP contribution >= 0.6 is 0 Å². The summed E-state index contributed by atoms with van der Waals surface area (Å²) in [5.41, 5.74) is 0.304. The van der Waals surface area contributed by atoms with Gasteiger partial charge in [0.25, 0.3) is 0 Å². The van der Waals surface area contributed by atoms with Gasteiger partial charge < -0.3 is 4.74 Å². The third-order valence-corrected chi connectivity index (χ3v) is 2.15. The normalized spacial score (nSPS) is 33.0. The molecule has 2 aliphatic rings. The Hall–Kier alpha value is -0.0400. The van der Waals surface area contributed by atoms with Crippen molar-refractivity contribution >= 4 is 0 Å². The van der Waals surface area contributed by atoms with Gasteiger partial charge in [0.05, 0.1) is 5.60 Å². The summed E-state index contributed by atoms with van der Waals surface area (Å²) in [5.74, 6) is 0. The molecule has 1 saturated carbocycles. The predicted octanol–water partition coefficient (Wildman–Crippen LogP) is 1.88. The highest BCUT2D eigenvalue weighted by atomic mass is 16.6. The highest BCUT2D eigenvalue weighted by molar-refractivity contribution is 5.03. The Labute approximate surface area is 50.0 Å². The van der Waals surface area contributed by atoms with E-state index in [0.29, 0.717) is 5.60 Å². The van der Waals surface area contributed by atoms with E-state index in [4.69, 9.17) is 4.74 Å². The number of rotatable bonds is 0. The number of hydrogen-bond donors (Lipinski definition) is 0. The fourth-order valence-electron chi connectivity index (χ4n) is 1.47. The van der Waals surface area contributed by atoms with E-state index in [1.165, 1.54) is 32.1 Å². The lowest BCUT2D eigenvalue weighted by Gasteiger charge is -2.15. The maximum Gasteiger partial charge on any atom is 0.116 e. The van der Waals surface area contributed by atoms with Gasteiger partial charge in [-0.25, -0.2) is 0 Å². The molecule has 0 amide bonds. The van der Waals surface area contributed by atoms with E-state index >= 15 is 0 Å². The average molecular weight is 111 g/mol. The molecule has 1 aliphatic carbocycles. The number of epoxide rings is 1. The zero-order valence-electron chi connectivity index (χ0n) is 5.02. The van der Waals surface area contributed by atoms with Gasteiger partial charge in [-0.05, 0) is 12.8 Å². The molecule has 1 radical (unpaired) electrons. The van der Waals surface area contributed by atoms with E-state index in [9.17, 15) is 0 Å². The lowest BCUT2D eigenvalue weighted by Crippen LogP contribution is -2.13. The highest BCUT2D eigenvalue weighted by Gasteiger charge is 2.45. The lowest BCUT2D eigenvalue weighted by molar-refractivity contribution is 0.238. The summed E-state index contributed by atoms with van der Waals surface area (Å²) < 4.78 is 5.21. The van der Waals surface area contributed by atoms with Crippen LogP contribution < -0.4 is 0 Å². The topological polar surface area (TPSA) is 12.5 Å². The minimum Gasteiger partial charge on any atom is -0.363 e. The molecule has 0 N–H and O–H groups in total. The molecule has 0 bridgehead atoms. The second-order valence-electron chi connectivity index (χ2n) is 2.86. The van der Waals surface area contributed by atoms with Crippen molar-refractivity contribution in [3.63, 3.8) is 0 Å². The first-order valence-corrected chi connectivity index (χ1v) is 3.44. The van der Waals surface area contributed by atoms with E-state index in [1.807, 2.05) is 6.61 Å². The van der Waals surface area contributed by atoms with Crippen LogP contribution in [0.15, 0.2) is 0 Å². The van der Waals surface area contributed by atoms with Crippen molar-refractivity contribution in [2.24, 2.45) is 0 Å². The molecule has 1 nitrogen and oxygen atoms in total. The highest BCUT2D eigenvalue weighted by Crippen LogP contribution is 2.45. The largest absolute Gasteiger partial charge is 0.363 e. The van der Waals surface area contributed by atoms with Gasteiger partial charge in [-0.1, -0.05) is 19.3 Å². The zero-order chi connectivity index (χ0) is 5.45. The summed E-state index contributed by atoms with van der Waals surface area (Å²) in [7, 11) is 0. The fraction of sp³-hybridized carbons (Fsp3) is 0.857. The lowest BCUT2D eigenvalue weighted by atomic mass is 9.90. The summed E-state index contributed by atoms with van der Waals surface area (Å²) in [6.07, 6.45) is 6.73. The SMILES string of the molecule is [CH]1OC12CCCCC2. The molecule has 1 heterocycles.